The van der Waals surface area contributed by atoms with E-state index in [2.05, 4.69) is 201 Å². The van der Waals surface area contributed by atoms with Crippen LogP contribution in [-0.2, 0) is 0 Å². The number of anilines is 6. The Hall–Kier alpha value is -6.52. The van der Waals surface area contributed by atoms with Gasteiger partial charge in [-0.25, -0.2) is 0 Å². The Bertz CT molecular complexity index is 3000. The van der Waals surface area contributed by atoms with Gasteiger partial charge in [0.05, 0.1) is 16.7 Å². The summed E-state index contributed by atoms with van der Waals surface area (Å²) in [6, 6.07) is 57.5. The van der Waals surface area contributed by atoms with Crippen LogP contribution >= 0.6 is 0 Å². The summed E-state index contributed by atoms with van der Waals surface area (Å²) in [5.74, 6) is 0. The average Bonchev–Trinajstić information content (AvgIpc) is 3.50. The molecule has 262 valence electrons. The Balaban J connectivity index is 1.30. The third-order valence-corrected chi connectivity index (χ3v) is 12.0. The number of nitrogens with zero attached hydrogens (tertiary/aromatic N) is 3. The van der Waals surface area contributed by atoms with Crippen LogP contribution in [0.1, 0.15) is 27.8 Å². The van der Waals surface area contributed by atoms with Crippen LogP contribution < -0.4 is 26.2 Å². The zero-order chi connectivity index (χ0) is 37.1. The first kappa shape index (κ1) is 32.0. The van der Waals surface area contributed by atoms with Crippen LogP contribution in [-0.4, -0.2) is 11.3 Å². The van der Waals surface area contributed by atoms with Crippen LogP contribution in [0, 0.1) is 34.6 Å². The summed E-state index contributed by atoms with van der Waals surface area (Å²) in [5, 5.41) is 5.04. The highest BCUT2D eigenvalue weighted by atomic mass is 15.2. The van der Waals surface area contributed by atoms with Crippen molar-refractivity contribution in [2.45, 2.75) is 34.6 Å². The molecule has 0 bridgehead atoms. The summed E-state index contributed by atoms with van der Waals surface area (Å²) in [7, 11) is 0. The predicted molar refractivity (Wildman–Crippen MR) is 236 cm³/mol. The molecule has 9 aromatic rings. The van der Waals surface area contributed by atoms with Gasteiger partial charge in [-0.15, -0.1) is 0 Å². The molecule has 4 heteroatoms. The van der Waals surface area contributed by atoms with Gasteiger partial charge in [0, 0.05) is 44.9 Å². The molecule has 2 aliphatic heterocycles. The van der Waals surface area contributed by atoms with Crippen molar-refractivity contribution >= 4 is 89.8 Å². The Labute approximate surface area is 322 Å². The zero-order valence-corrected chi connectivity index (χ0v) is 31.9. The summed E-state index contributed by atoms with van der Waals surface area (Å²) in [4.78, 5) is 5.06. The molecular weight excluding hydrogens is 665 g/mol. The van der Waals surface area contributed by atoms with Crippen molar-refractivity contribution in [2.24, 2.45) is 0 Å². The van der Waals surface area contributed by atoms with Crippen molar-refractivity contribution < 1.29 is 0 Å². The molecule has 0 fully saturated rings. The second-order valence-electron chi connectivity index (χ2n) is 15.9. The second-order valence-corrected chi connectivity index (χ2v) is 15.9. The molecule has 0 unspecified atom stereocenters. The summed E-state index contributed by atoms with van der Waals surface area (Å²) in [5.41, 5.74) is 21.1. The van der Waals surface area contributed by atoms with Gasteiger partial charge in [0.1, 0.15) is 0 Å². The Morgan fingerprint density at radius 3 is 1.45 bits per heavy atom. The molecule has 55 heavy (non-hydrogen) atoms. The van der Waals surface area contributed by atoms with E-state index in [1.54, 1.807) is 0 Å². The third kappa shape index (κ3) is 4.77. The minimum Gasteiger partial charge on any atom is -0.311 e. The van der Waals surface area contributed by atoms with Crippen molar-refractivity contribution in [2.75, 3.05) is 9.80 Å². The fourth-order valence-electron chi connectivity index (χ4n) is 9.45. The number of fused-ring (bicyclic) bond motifs is 8. The number of hydrogen-bond acceptors (Lipinski definition) is 2. The van der Waals surface area contributed by atoms with Crippen LogP contribution in [0.15, 0.2) is 152 Å². The van der Waals surface area contributed by atoms with Crippen LogP contribution in [0.5, 0.6) is 0 Å². The van der Waals surface area contributed by atoms with Gasteiger partial charge < -0.3 is 14.4 Å². The molecule has 8 aromatic carbocycles. The molecule has 0 aliphatic carbocycles. The maximum Gasteiger partial charge on any atom is 0.252 e. The number of aryl methyl sites for hydroxylation is 5. The molecule has 0 saturated heterocycles. The fourth-order valence-corrected chi connectivity index (χ4v) is 9.45. The second kappa shape index (κ2) is 11.7. The van der Waals surface area contributed by atoms with Gasteiger partial charge in [-0.2, -0.15) is 0 Å². The van der Waals surface area contributed by atoms with E-state index in [1.165, 1.54) is 99.5 Å². The quantitative estimate of drug-likeness (QED) is 0.170. The maximum atomic E-state index is 2.54. The monoisotopic (exact) mass is 705 g/mol. The Kier molecular flexibility index (Phi) is 6.82. The van der Waals surface area contributed by atoms with Gasteiger partial charge in [0.2, 0.25) is 0 Å². The molecule has 2 aliphatic rings. The standard InChI is InChI=1S/C51H40BN3/c1-31-10-17-38(18-11-31)53-47-22-14-34(4)26-43(47)52-44-27-35(5)15-23-48(44)54(39-19-16-36-8-6-7-9-37(36)28-39)50-30-40(29-49(53)51(50)52)55-45-20-12-32(2)24-41(45)42-25-33(3)13-21-46(42)55/h6-30H,1-5H3. The summed E-state index contributed by atoms with van der Waals surface area (Å²) in [6.07, 6.45) is 0. The molecule has 11 rings (SSSR count). The smallest absolute Gasteiger partial charge is 0.252 e. The van der Waals surface area contributed by atoms with Gasteiger partial charge >= 0.3 is 0 Å². The molecule has 0 spiro atoms. The largest absolute Gasteiger partial charge is 0.311 e. The van der Waals surface area contributed by atoms with Gasteiger partial charge in [-0.3, -0.25) is 0 Å². The van der Waals surface area contributed by atoms with E-state index in [4.69, 9.17) is 0 Å². The van der Waals surface area contributed by atoms with E-state index in [-0.39, 0.29) is 6.71 Å². The molecule has 1 aromatic heterocycles. The fraction of sp³-hybridized carbons (Fsp3) is 0.0980. The maximum absolute atomic E-state index is 2.54. The van der Waals surface area contributed by atoms with E-state index >= 15 is 0 Å². The van der Waals surface area contributed by atoms with E-state index in [0.29, 0.717) is 0 Å². The van der Waals surface area contributed by atoms with Gasteiger partial charge in [0.25, 0.3) is 6.71 Å². The van der Waals surface area contributed by atoms with Crippen molar-refractivity contribution in [1.29, 1.82) is 0 Å². The average molecular weight is 706 g/mol. The number of hydrogen-bond donors (Lipinski definition) is 0. The first-order valence-corrected chi connectivity index (χ1v) is 19.4. The van der Waals surface area contributed by atoms with Crippen molar-refractivity contribution in [3.05, 3.63) is 179 Å². The Morgan fingerprint density at radius 1 is 0.364 bits per heavy atom. The lowest BCUT2D eigenvalue weighted by Crippen LogP contribution is -2.61. The highest BCUT2D eigenvalue weighted by molar-refractivity contribution is 7.00. The van der Waals surface area contributed by atoms with Crippen LogP contribution in [0.2, 0.25) is 0 Å². The summed E-state index contributed by atoms with van der Waals surface area (Å²) < 4.78 is 2.50. The van der Waals surface area contributed by atoms with Crippen molar-refractivity contribution in [3.8, 4) is 5.69 Å². The molecule has 0 atom stereocenters. The summed E-state index contributed by atoms with van der Waals surface area (Å²) in [6.45, 7) is 11.1. The number of rotatable bonds is 3. The lowest BCUT2D eigenvalue weighted by molar-refractivity contribution is 1.16. The number of aromatic nitrogens is 1. The molecule has 3 nitrogen and oxygen atoms in total. The molecule has 0 amide bonds. The lowest BCUT2D eigenvalue weighted by atomic mass is 9.33. The van der Waals surface area contributed by atoms with Crippen molar-refractivity contribution in [3.63, 3.8) is 0 Å². The van der Waals surface area contributed by atoms with Crippen LogP contribution in [0.4, 0.5) is 34.1 Å². The molecule has 3 heterocycles. The van der Waals surface area contributed by atoms with Gasteiger partial charge in [0.15, 0.2) is 0 Å². The molecule has 0 N–H and O–H groups in total. The summed E-state index contributed by atoms with van der Waals surface area (Å²) >= 11 is 0. The van der Waals surface area contributed by atoms with E-state index in [9.17, 15) is 0 Å². The SMILES string of the molecule is Cc1ccc(N2c3ccc(C)cc3B3c4cc(C)ccc4N(c4ccc5ccccc5c4)c4cc(-n5c6ccc(C)cc6c6cc(C)ccc65)cc2c43)cc1. The van der Waals surface area contributed by atoms with Crippen molar-refractivity contribution in [1.82, 2.24) is 4.57 Å². The molecular formula is C51H40BN3. The highest BCUT2D eigenvalue weighted by Crippen LogP contribution is 2.46. The van der Waals surface area contributed by atoms with E-state index < -0.39 is 0 Å². The number of benzene rings is 8. The molecule has 0 saturated carbocycles. The normalized spacial score (nSPS) is 13.1. The molecule has 0 radical (unpaired) electrons. The van der Waals surface area contributed by atoms with Crippen LogP contribution in [0.25, 0.3) is 38.3 Å². The van der Waals surface area contributed by atoms with Crippen LogP contribution in [0.3, 0.4) is 0 Å². The van der Waals surface area contributed by atoms with Gasteiger partial charge in [-0.1, -0.05) is 107 Å². The minimum atomic E-state index is 0.0608. The Morgan fingerprint density at radius 2 is 0.855 bits per heavy atom. The first-order chi connectivity index (χ1) is 26.8. The van der Waals surface area contributed by atoms with Gasteiger partial charge in [-0.05, 0) is 135 Å². The highest BCUT2D eigenvalue weighted by Gasteiger charge is 2.44. The topological polar surface area (TPSA) is 11.4 Å². The van der Waals surface area contributed by atoms with E-state index in [0.717, 1.165) is 17.1 Å². The lowest BCUT2D eigenvalue weighted by Gasteiger charge is -2.44. The minimum absolute atomic E-state index is 0.0608. The zero-order valence-electron chi connectivity index (χ0n) is 31.9. The predicted octanol–water partition coefficient (Wildman–Crippen LogP) is 11.6. The first-order valence-electron chi connectivity index (χ1n) is 19.4. The van der Waals surface area contributed by atoms with E-state index in [1.807, 2.05) is 0 Å². The third-order valence-electron chi connectivity index (χ3n) is 12.0.